The molecule has 1 aliphatic rings. The van der Waals surface area contributed by atoms with Gasteiger partial charge in [-0.15, -0.1) is 0 Å². The number of aryl methyl sites for hydroxylation is 1. The van der Waals surface area contributed by atoms with Crippen LogP contribution in [-0.4, -0.2) is 42.1 Å². The van der Waals surface area contributed by atoms with Crippen molar-refractivity contribution >= 4 is 11.9 Å². The summed E-state index contributed by atoms with van der Waals surface area (Å²) in [5.74, 6) is -0.657. The molecule has 1 N–H and O–H groups in total. The molecule has 0 aliphatic carbocycles. The van der Waals surface area contributed by atoms with E-state index in [2.05, 4.69) is 0 Å². The SMILES string of the molecule is COc1ccc(C)cc1CC(=O)N1CC(C)C(C(=O)O)C1. The van der Waals surface area contributed by atoms with E-state index in [4.69, 9.17) is 9.84 Å². The van der Waals surface area contributed by atoms with Crippen LogP contribution in [-0.2, 0) is 16.0 Å². The maximum absolute atomic E-state index is 12.4. The zero-order valence-corrected chi connectivity index (χ0v) is 12.6. The number of carbonyl (C=O) groups excluding carboxylic acids is 1. The monoisotopic (exact) mass is 291 g/mol. The smallest absolute Gasteiger partial charge is 0.308 e. The molecule has 1 aliphatic heterocycles. The lowest BCUT2D eigenvalue weighted by molar-refractivity contribution is -0.142. The lowest BCUT2D eigenvalue weighted by atomic mass is 9.99. The van der Waals surface area contributed by atoms with Crippen LogP contribution in [0.5, 0.6) is 5.75 Å². The maximum Gasteiger partial charge on any atom is 0.308 e. The predicted octanol–water partition coefficient (Wildman–Crippen LogP) is 1.73. The van der Waals surface area contributed by atoms with Gasteiger partial charge in [-0.05, 0) is 18.9 Å². The summed E-state index contributed by atoms with van der Waals surface area (Å²) in [5.41, 5.74) is 1.91. The summed E-state index contributed by atoms with van der Waals surface area (Å²) in [6.07, 6.45) is 0.240. The van der Waals surface area contributed by atoms with E-state index >= 15 is 0 Å². The van der Waals surface area contributed by atoms with E-state index in [0.717, 1.165) is 11.1 Å². The number of carboxylic acids is 1. The second kappa shape index (κ2) is 6.16. The normalized spacial score (nSPS) is 21.4. The highest BCUT2D eigenvalue weighted by atomic mass is 16.5. The van der Waals surface area contributed by atoms with E-state index in [1.54, 1.807) is 12.0 Å². The van der Waals surface area contributed by atoms with E-state index in [9.17, 15) is 9.59 Å². The Hall–Kier alpha value is -2.04. The molecular formula is C16H21NO4. The molecule has 2 atom stereocenters. The molecule has 114 valence electrons. The fourth-order valence-corrected chi connectivity index (χ4v) is 2.81. The Balaban J connectivity index is 2.09. The molecule has 2 rings (SSSR count). The molecule has 1 aromatic carbocycles. The quantitative estimate of drug-likeness (QED) is 0.917. The summed E-state index contributed by atoms with van der Waals surface area (Å²) in [6, 6.07) is 5.72. The number of hydrogen-bond donors (Lipinski definition) is 1. The summed E-state index contributed by atoms with van der Waals surface area (Å²) in [5, 5.41) is 9.13. The van der Waals surface area contributed by atoms with Crippen molar-refractivity contribution in [1.82, 2.24) is 4.90 Å². The highest BCUT2D eigenvalue weighted by molar-refractivity contribution is 5.81. The van der Waals surface area contributed by atoms with Gasteiger partial charge < -0.3 is 14.7 Å². The average molecular weight is 291 g/mol. The topological polar surface area (TPSA) is 66.8 Å². The minimum Gasteiger partial charge on any atom is -0.496 e. The van der Waals surface area contributed by atoms with Crippen LogP contribution < -0.4 is 4.74 Å². The molecular weight excluding hydrogens is 270 g/mol. The Kier molecular flexibility index (Phi) is 4.50. The molecule has 1 aromatic rings. The molecule has 5 heteroatoms. The number of methoxy groups -OCH3 is 1. The molecule has 1 fully saturated rings. The molecule has 0 aromatic heterocycles. The first-order valence-electron chi connectivity index (χ1n) is 7.06. The number of nitrogens with zero attached hydrogens (tertiary/aromatic N) is 1. The lowest BCUT2D eigenvalue weighted by Crippen LogP contribution is -2.31. The highest BCUT2D eigenvalue weighted by Crippen LogP contribution is 2.26. The highest BCUT2D eigenvalue weighted by Gasteiger charge is 2.36. The van der Waals surface area contributed by atoms with Crippen molar-refractivity contribution in [2.75, 3.05) is 20.2 Å². The predicted molar refractivity (Wildman–Crippen MR) is 78.3 cm³/mol. The van der Waals surface area contributed by atoms with Crippen LogP contribution in [0.4, 0.5) is 0 Å². The summed E-state index contributed by atoms with van der Waals surface area (Å²) in [7, 11) is 1.58. The second-order valence-corrected chi connectivity index (χ2v) is 5.71. The van der Waals surface area contributed by atoms with Gasteiger partial charge in [-0.2, -0.15) is 0 Å². The molecule has 1 saturated heterocycles. The number of amides is 1. The molecule has 0 saturated carbocycles. The van der Waals surface area contributed by atoms with Crippen molar-refractivity contribution in [3.8, 4) is 5.75 Å². The van der Waals surface area contributed by atoms with E-state index in [1.807, 2.05) is 32.0 Å². The molecule has 5 nitrogen and oxygen atoms in total. The van der Waals surface area contributed by atoms with Gasteiger partial charge in [0.1, 0.15) is 5.75 Å². The third-order valence-corrected chi connectivity index (χ3v) is 4.06. The minimum atomic E-state index is -0.828. The molecule has 0 radical (unpaired) electrons. The molecule has 0 spiro atoms. The molecule has 21 heavy (non-hydrogen) atoms. The average Bonchev–Trinajstić information content (AvgIpc) is 2.81. The van der Waals surface area contributed by atoms with Gasteiger partial charge in [-0.3, -0.25) is 9.59 Å². The Labute approximate surface area is 124 Å². The van der Waals surface area contributed by atoms with Gasteiger partial charge >= 0.3 is 5.97 Å². The van der Waals surface area contributed by atoms with Crippen molar-refractivity contribution in [2.24, 2.45) is 11.8 Å². The molecule has 1 heterocycles. The molecule has 1 amide bonds. The second-order valence-electron chi connectivity index (χ2n) is 5.71. The van der Waals surface area contributed by atoms with E-state index < -0.39 is 11.9 Å². The zero-order chi connectivity index (χ0) is 15.6. The number of aliphatic carboxylic acids is 1. The Morgan fingerprint density at radius 3 is 2.67 bits per heavy atom. The number of ether oxygens (including phenoxy) is 1. The van der Waals surface area contributed by atoms with Crippen molar-refractivity contribution in [1.29, 1.82) is 0 Å². The number of carbonyl (C=O) groups is 2. The van der Waals surface area contributed by atoms with Crippen LogP contribution >= 0.6 is 0 Å². The maximum atomic E-state index is 12.4. The first-order valence-corrected chi connectivity index (χ1v) is 7.06. The summed E-state index contributed by atoms with van der Waals surface area (Å²) < 4.78 is 5.28. The standard InChI is InChI=1S/C16H21NO4/c1-10-4-5-14(21-3)12(6-10)7-15(18)17-8-11(2)13(9-17)16(19)20/h4-6,11,13H,7-9H2,1-3H3,(H,19,20). The third kappa shape index (κ3) is 3.35. The van der Waals surface area contributed by atoms with E-state index in [-0.39, 0.29) is 18.2 Å². The lowest BCUT2D eigenvalue weighted by Gasteiger charge is -2.17. The minimum absolute atomic E-state index is 0.00847. The van der Waals surface area contributed by atoms with Gasteiger partial charge in [-0.25, -0.2) is 0 Å². The third-order valence-electron chi connectivity index (χ3n) is 4.06. The van der Waals surface area contributed by atoms with Crippen molar-refractivity contribution in [2.45, 2.75) is 20.3 Å². The fourth-order valence-electron chi connectivity index (χ4n) is 2.81. The fraction of sp³-hybridized carbons (Fsp3) is 0.500. The Bertz CT molecular complexity index is 555. The van der Waals surface area contributed by atoms with Crippen LogP contribution in [0.15, 0.2) is 18.2 Å². The van der Waals surface area contributed by atoms with Crippen molar-refractivity contribution in [3.63, 3.8) is 0 Å². The van der Waals surface area contributed by atoms with Gasteiger partial charge in [0.2, 0.25) is 5.91 Å². The van der Waals surface area contributed by atoms with Crippen LogP contribution in [0.25, 0.3) is 0 Å². The van der Waals surface area contributed by atoms with Crippen molar-refractivity contribution < 1.29 is 19.4 Å². The zero-order valence-electron chi connectivity index (χ0n) is 12.6. The van der Waals surface area contributed by atoms with Crippen LogP contribution in [0.2, 0.25) is 0 Å². The number of benzene rings is 1. The van der Waals surface area contributed by atoms with Gasteiger partial charge in [0, 0.05) is 18.7 Å². The first-order chi connectivity index (χ1) is 9.92. The molecule has 0 bridgehead atoms. The summed E-state index contributed by atoms with van der Waals surface area (Å²) >= 11 is 0. The van der Waals surface area contributed by atoms with Gasteiger partial charge in [0.25, 0.3) is 0 Å². The number of hydrogen-bond acceptors (Lipinski definition) is 3. The Morgan fingerprint density at radius 2 is 2.10 bits per heavy atom. The van der Waals surface area contributed by atoms with Crippen LogP contribution in [0, 0.1) is 18.8 Å². The molecule has 2 unspecified atom stereocenters. The van der Waals surface area contributed by atoms with Gasteiger partial charge in [-0.1, -0.05) is 24.6 Å². The van der Waals surface area contributed by atoms with Crippen LogP contribution in [0.1, 0.15) is 18.1 Å². The van der Waals surface area contributed by atoms with E-state index in [1.165, 1.54) is 0 Å². The summed E-state index contributed by atoms with van der Waals surface area (Å²) in [4.78, 5) is 25.2. The van der Waals surface area contributed by atoms with Gasteiger partial charge in [0.05, 0.1) is 19.4 Å². The number of carboxylic acid groups (broad SMARTS) is 1. The largest absolute Gasteiger partial charge is 0.496 e. The number of likely N-dealkylation sites (tertiary alicyclic amines) is 1. The van der Waals surface area contributed by atoms with E-state index in [0.29, 0.717) is 18.8 Å². The summed E-state index contributed by atoms with van der Waals surface area (Å²) in [6.45, 7) is 4.64. The number of rotatable bonds is 4. The van der Waals surface area contributed by atoms with Crippen molar-refractivity contribution in [3.05, 3.63) is 29.3 Å². The van der Waals surface area contributed by atoms with Crippen LogP contribution in [0.3, 0.4) is 0 Å². The first kappa shape index (κ1) is 15.4. The van der Waals surface area contributed by atoms with Gasteiger partial charge in [0.15, 0.2) is 0 Å². The Morgan fingerprint density at radius 1 is 1.38 bits per heavy atom.